The van der Waals surface area contributed by atoms with E-state index < -0.39 is 49.2 Å². The molecule has 0 unspecified atom stereocenters. The zero-order chi connectivity index (χ0) is 36.0. The second-order valence-corrected chi connectivity index (χ2v) is 14.3. The van der Waals surface area contributed by atoms with Crippen molar-refractivity contribution in [1.82, 2.24) is 10.2 Å². The van der Waals surface area contributed by atoms with Gasteiger partial charge in [-0.3, -0.25) is 9.69 Å². The first-order valence-corrected chi connectivity index (χ1v) is 20.5. The molecule has 0 aliphatic carbocycles. The Labute approximate surface area is 299 Å². The highest BCUT2D eigenvalue weighted by Gasteiger charge is 2.48. The number of nitrogens with zero attached hydrogens (tertiary/aromatic N) is 1. The fraction of sp³-hybridized carbons (Fsp3) is 0.949. The highest BCUT2D eigenvalue weighted by Crippen LogP contribution is 2.25. The highest BCUT2D eigenvalue weighted by molar-refractivity contribution is 5.78. The van der Waals surface area contributed by atoms with Gasteiger partial charge >= 0.3 is 6.09 Å². The Balaban J connectivity index is 2.54. The smallest absolute Gasteiger partial charge is 0.411 e. The van der Waals surface area contributed by atoms with Crippen molar-refractivity contribution in [2.75, 3.05) is 26.3 Å². The highest BCUT2D eigenvalue weighted by atomic mass is 16.6. The molecule has 290 valence electrons. The first-order chi connectivity index (χ1) is 23.9. The molecule has 1 aliphatic rings. The zero-order valence-electron chi connectivity index (χ0n) is 31.6. The van der Waals surface area contributed by atoms with Crippen LogP contribution in [0.4, 0.5) is 4.79 Å². The molecule has 1 rings (SSSR count). The Morgan fingerprint density at radius 2 is 1.06 bits per heavy atom. The normalized spacial score (nSPS) is 20.7. The van der Waals surface area contributed by atoms with Crippen molar-refractivity contribution >= 4 is 12.0 Å². The standard InChI is InChI=1S/C39H77N3O7/c1-3-5-7-9-11-13-15-16-17-18-19-20-21-23-25-27-29-42(39(47)48-30-28-26-24-22-14-12-10-8-6-4-2)38-35(41-34(44)31-40)37(46)36(45)33(32-43)49-38/h33,35-38,43,45-46H,3-32,40H2,1-2H3,(H,41,44)/t33-,35-,36-,37-,38-/m1/s1. The minimum absolute atomic E-state index is 0.270. The van der Waals surface area contributed by atoms with Crippen molar-refractivity contribution in [3.8, 4) is 0 Å². The van der Waals surface area contributed by atoms with Gasteiger partial charge in [0, 0.05) is 6.54 Å². The second kappa shape index (κ2) is 31.3. The number of rotatable bonds is 32. The van der Waals surface area contributed by atoms with Gasteiger partial charge in [-0.15, -0.1) is 0 Å². The molecule has 1 fully saturated rings. The predicted octanol–water partition coefficient (Wildman–Crippen LogP) is 7.49. The molecule has 1 saturated heterocycles. The number of nitrogens with one attached hydrogen (secondary N) is 1. The SMILES string of the molecule is CCCCCCCCCCCCCCCCCCN(C(=O)OCCCCCCCCCCCC)[C@@H]1O[C@H](CO)[C@@H](O)[C@H](O)[C@H]1NC(=O)CN. The number of ether oxygens (including phenoxy) is 2. The van der Waals surface area contributed by atoms with E-state index in [1.807, 2.05) is 0 Å². The van der Waals surface area contributed by atoms with Crippen LogP contribution in [-0.4, -0.2) is 89.1 Å². The fourth-order valence-corrected chi connectivity index (χ4v) is 6.75. The molecule has 10 heteroatoms. The summed E-state index contributed by atoms with van der Waals surface area (Å²) < 4.78 is 11.6. The largest absolute Gasteiger partial charge is 0.449 e. The van der Waals surface area contributed by atoms with Gasteiger partial charge in [0.05, 0.1) is 19.8 Å². The molecule has 0 bridgehead atoms. The van der Waals surface area contributed by atoms with Crippen LogP contribution in [0.15, 0.2) is 0 Å². The quantitative estimate of drug-likeness (QED) is 0.0453. The molecule has 2 amide bonds. The van der Waals surface area contributed by atoms with Gasteiger partial charge < -0.3 is 35.8 Å². The molecular weight excluding hydrogens is 622 g/mol. The van der Waals surface area contributed by atoms with Gasteiger partial charge in [0.2, 0.25) is 5.91 Å². The van der Waals surface area contributed by atoms with Crippen LogP contribution >= 0.6 is 0 Å². The lowest BCUT2D eigenvalue weighted by molar-refractivity contribution is -0.226. The van der Waals surface area contributed by atoms with Gasteiger partial charge in [-0.1, -0.05) is 168 Å². The van der Waals surface area contributed by atoms with Gasteiger partial charge in [0.25, 0.3) is 0 Å². The minimum atomic E-state index is -1.46. The monoisotopic (exact) mass is 700 g/mol. The third kappa shape index (κ3) is 21.5. The Morgan fingerprint density at radius 3 is 1.47 bits per heavy atom. The van der Waals surface area contributed by atoms with Crippen LogP contribution in [0.5, 0.6) is 0 Å². The van der Waals surface area contributed by atoms with E-state index in [2.05, 4.69) is 19.2 Å². The maximum Gasteiger partial charge on any atom is 0.411 e. The summed E-state index contributed by atoms with van der Waals surface area (Å²) in [5, 5.41) is 33.9. The Hall–Kier alpha value is -1.46. The average molecular weight is 700 g/mol. The van der Waals surface area contributed by atoms with E-state index in [1.54, 1.807) is 0 Å². The molecule has 6 N–H and O–H groups in total. The number of hydrogen-bond donors (Lipinski definition) is 5. The van der Waals surface area contributed by atoms with Crippen LogP contribution in [0.25, 0.3) is 0 Å². The Bertz CT molecular complexity index is 790. The lowest BCUT2D eigenvalue weighted by Gasteiger charge is -2.46. The molecule has 10 nitrogen and oxygen atoms in total. The Kier molecular flexibility index (Phi) is 29.1. The third-order valence-corrected chi connectivity index (χ3v) is 9.93. The van der Waals surface area contributed by atoms with E-state index >= 15 is 0 Å². The zero-order valence-corrected chi connectivity index (χ0v) is 31.6. The minimum Gasteiger partial charge on any atom is -0.449 e. The number of unbranched alkanes of at least 4 members (excludes halogenated alkanes) is 24. The van der Waals surface area contributed by atoms with Gasteiger partial charge in [0.1, 0.15) is 24.4 Å². The van der Waals surface area contributed by atoms with Gasteiger partial charge in [-0.05, 0) is 12.8 Å². The molecule has 0 saturated carbocycles. The van der Waals surface area contributed by atoms with Crippen LogP contribution in [-0.2, 0) is 14.3 Å². The van der Waals surface area contributed by atoms with Crippen molar-refractivity contribution in [3.63, 3.8) is 0 Å². The number of amides is 2. The lowest BCUT2D eigenvalue weighted by Crippen LogP contribution is -2.69. The fourth-order valence-electron chi connectivity index (χ4n) is 6.75. The number of hydrogen-bond acceptors (Lipinski definition) is 8. The summed E-state index contributed by atoms with van der Waals surface area (Å²) in [4.78, 5) is 27.1. The molecule has 5 atom stereocenters. The van der Waals surface area contributed by atoms with Gasteiger partial charge in [-0.2, -0.15) is 0 Å². The number of aliphatic hydroxyl groups excluding tert-OH is 3. The molecule has 49 heavy (non-hydrogen) atoms. The predicted molar refractivity (Wildman–Crippen MR) is 198 cm³/mol. The van der Waals surface area contributed by atoms with Crippen LogP contribution in [0.3, 0.4) is 0 Å². The summed E-state index contributed by atoms with van der Waals surface area (Å²) >= 11 is 0. The van der Waals surface area contributed by atoms with Crippen molar-refractivity contribution in [3.05, 3.63) is 0 Å². The van der Waals surface area contributed by atoms with Crippen LogP contribution in [0.2, 0.25) is 0 Å². The molecule has 0 aromatic carbocycles. The number of carbonyl (C=O) groups excluding carboxylic acids is 2. The summed E-state index contributed by atoms with van der Waals surface area (Å²) in [5.74, 6) is -0.548. The van der Waals surface area contributed by atoms with E-state index in [1.165, 1.54) is 127 Å². The van der Waals surface area contributed by atoms with Crippen molar-refractivity contribution in [2.24, 2.45) is 5.73 Å². The van der Waals surface area contributed by atoms with Gasteiger partial charge in [-0.25, -0.2) is 4.79 Å². The summed E-state index contributed by atoms with van der Waals surface area (Å²) in [6.07, 6.45) is 25.8. The summed E-state index contributed by atoms with van der Waals surface area (Å²) in [7, 11) is 0. The second-order valence-electron chi connectivity index (χ2n) is 14.3. The van der Waals surface area contributed by atoms with Crippen LogP contribution in [0.1, 0.15) is 181 Å². The van der Waals surface area contributed by atoms with Crippen LogP contribution < -0.4 is 11.1 Å². The first kappa shape index (κ1) is 45.6. The van der Waals surface area contributed by atoms with Crippen molar-refractivity contribution in [1.29, 1.82) is 0 Å². The maximum absolute atomic E-state index is 13.5. The van der Waals surface area contributed by atoms with Crippen LogP contribution in [0, 0.1) is 0 Å². The van der Waals surface area contributed by atoms with Gasteiger partial charge in [0.15, 0.2) is 6.23 Å². The van der Waals surface area contributed by atoms with E-state index in [4.69, 9.17) is 15.2 Å². The average Bonchev–Trinajstić information content (AvgIpc) is 3.10. The summed E-state index contributed by atoms with van der Waals surface area (Å²) in [6, 6.07) is -1.13. The molecule has 0 aromatic heterocycles. The molecule has 0 spiro atoms. The van der Waals surface area contributed by atoms with Crippen molar-refractivity contribution < 1.29 is 34.4 Å². The lowest BCUT2D eigenvalue weighted by atomic mass is 9.95. The number of nitrogens with two attached hydrogens (primary N) is 1. The molecule has 0 radical (unpaired) electrons. The summed E-state index contributed by atoms with van der Waals surface area (Å²) in [6.45, 7) is 4.19. The number of aliphatic hydroxyl groups is 3. The molecular formula is C39H77N3O7. The molecule has 1 aliphatic heterocycles. The van der Waals surface area contributed by atoms with E-state index in [9.17, 15) is 24.9 Å². The van der Waals surface area contributed by atoms with E-state index in [0.29, 0.717) is 13.0 Å². The van der Waals surface area contributed by atoms with E-state index in [0.717, 1.165) is 38.5 Å². The Morgan fingerprint density at radius 1 is 0.653 bits per heavy atom. The topological polar surface area (TPSA) is 155 Å². The molecule has 0 aromatic rings. The maximum atomic E-state index is 13.5. The summed E-state index contributed by atoms with van der Waals surface area (Å²) in [5.41, 5.74) is 5.52. The van der Waals surface area contributed by atoms with Crippen molar-refractivity contribution in [2.45, 2.75) is 211 Å². The third-order valence-electron chi connectivity index (χ3n) is 9.93. The first-order valence-electron chi connectivity index (χ1n) is 20.5. The van der Waals surface area contributed by atoms with E-state index in [-0.39, 0.29) is 13.2 Å². The molecule has 1 heterocycles. The number of carbonyl (C=O) groups is 2.